The maximum Gasteiger partial charge on any atom is 0.346 e. The summed E-state index contributed by atoms with van der Waals surface area (Å²) in [4.78, 5) is 13.5. The summed E-state index contributed by atoms with van der Waals surface area (Å²) in [6, 6.07) is 7.43. The van der Waals surface area contributed by atoms with Crippen LogP contribution < -0.4 is 10.5 Å². The molecule has 0 radical (unpaired) electrons. The molecule has 1 fully saturated rings. The van der Waals surface area contributed by atoms with Gasteiger partial charge in [-0.2, -0.15) is 0 Å². The molecule has 0 spiro atoms. The van der Waals surface area contributed by atoms with Crippen LogP contribution in [0.3, 0.4) is 0 Å². The highest BCUT2D eigenvalue weighted by atomic mass is 35.5. The van der Waals surface area contributed by atoms with Crippen LogP contribution in [0.4, 0.5) is 0 Å². The smallest absolute Gasteiger partial charge is 0.346 e. The highest BCUT2D eigenvalue weighted by Crippen LogP contribution is 2.24. The molecule has 1 saturated heterocycles. The number of hydrogen-bond donors (Lipinski definition) is 1. The molecule has 1 aromatic carbocycles. The van der Waals surface area contributed by atoms with Gasteiger partial charge in [0.05, 0.1) is 18.1 Å². The second-order valence-corrected chi connectivity index (χ2v) is 5.54. The molecule has 0 unspecified atom stereocenters. The van der Waals surface area contributed by atoms with E-state index in [2.05, 4.69) is 0 Å². The first-order chi connectivity index (χ1) is 9.25. The molecular formula is C15H17ClNO2+. The second kappa shape index (κ2) is 5.35. The number of piperidine rings is 1. The number of nitrogens with one attached hydrogen (secondary N) is 1. The molecule has 2 heterocycles. The summed E-state index contributed by atoms with van der Waals surface area (Å²) in [6.45, 7) is 2.90. The zero-order valence-corrected chi connectivity index (χ0v) is 11.5. The molecule has 3 rings (SSSR count). The van der Waals surface area contributed by atoms with Gasteiger partial charge in [-0.3, -0.25) is 0 Å². The van der Waals surface area contributed by atoms with Crippen molar-refractivity contribution in [2.45, 2.75) is 25.8 Å². The fraction of sp³-hybridized carbons (Fsp3) is 0.400. The maximum atomic E-state index is 12.1. The van der Waals surface area contributed by atoms with E-state index in [1.165, 1.54) is 24.2 Å². The Balaban J connectivity index is 2.00. The maximum absolute atomic E-state index is 12.1. The number of likely N-dealkylation sites (tertiary alicyclic amines) is 1. The second-order valence-electron chi connectivity index (χ2n) is 5.17. The van der Waals surface area contributed by atoms with E-state index in [0.29, 0.717) is 22.7 Å². The first kappa shape index (κ1) is 12.7. The Hall–Kier alpha value is -1.32. The van der Waals surface area contributed by atoms with Crippen LogP contribution in [0.1, 0.15) is 24.8 Å². The first-order valence-electron chi connectivity index (χ1n) is 6.79. The Morgan fingerprint density at radius 3 is 2.68 bits per heavy atom. The third kappa shape index (κ3) is 2.53. The Morgan fingerprint density at radius 1 is 1.16 bits per heavy atom. The van der Waals surface area contributed by atoms with Gasteiger partial charge in [-0.1, -0.05) is 23.7 Å². The molecule has 0 saturated carbocycles. The summed E-state index contributed by atoms with van der Waals surface area (Å²) in [5, 5.41) is 1.39. The lowest BCUT2D eigenvalue weighted by Crippen LogP contribution is -3.11. The molecular weight excluding hydrogens is 262 g/mol. The summed E-state index contributed by atoms with van der Waals surface area (Å²) >= 11 is 6.39. The van der Waals surface area contributed by atoms with Crippen molar-refractivity contribution in [2.75, 3.05) is 13.1 Å². The molecule has 0 bridgehead atoms. The number of halogens is 1. The summed E-state index contributed by atoms with van der Waals surface area (Å²) in [5.41, 5.74) is 0.897. The summed E-state index contributed by atoms with van der Waals surface area (Å²) < 4.78 is 5.36. The van der Waals surface area contributed by atoms with Crippen LogP contribution in [0.15, 0.2) is 33.5 Å². The summed E-state index contributed by atoms with van der Waals surface area (Å²) in [7, 11) is 0. The minimum Gasteiger partial charge on any atom is -0.422 e. The highest BCUT2D eigenvalue weighted by Gasteiger charge is 2.20. The number of benzene rings is 1. The lowest BCUT2D eigenvalue weighted by atomic mass is 10.1. The number of quaternary nitrogens is 1. The van der Waals surface area contributed by atoms with Crippen LogP contribution in [-0.4, -0.2) is 13.1 Å². The van der Waals surface area contributed by atoms with Gasteiger partial charge in [0.1, 0.15) is 17.7 Å². The van der Waals surface area contributed by atoms with E-state index < -0.39 is 0 Å². The van der Waals surface area contributed by atoms with Gasteiger partial charge >= 0.3 is 5.63 Å². The van der Waals surface area contributed by atoms with Crippen LogP contribution in [0, 0.1) is 0 Å². The van der Waals surface area contributed by atoms with Crippen molar-refractivity contribution in [2.24, 2.45) is 0 Å². The molecule has 1 N–H and O–H groups in total. The SMILES string of the molecule is O=c1oc2ccccc2c(Cl)c1C[NH+]1CCCCC1. The predicted octanol–water partition coefficient (Wildman–Crippen LogP) is 2.02. The molecule has 0 amide bonds. The molecule has 1 aliphatic rings. The van der Waals surface area contributed by atoms with E-state index in [9.17, 15) is 4.79 Å². The van der Waals surface area contributed by atoms with Gasteiger partial charge in [0, 0.05) is 5.39 Å². The van der Waals surface area contributed by atoms with E-state index in [1.54, 1.807) is 6.07 Å². The Labute approximate surface area is 116 Å². The molecule has 100 valence electrons. The Kier molecular flexibility index (Phi) is 3.58. The van der Waals surface area contributed by atoms with Gasteiger partial charge in [0.25, 0.3) is 0 Å². The normalized spacial score (nSPS) is 16.9. The fourth-order valence-corrected chi connectivity index (χ4v) is 3.08. The molecule has 2 aromatic rings. The van der Waals surface area contributed by atoms with Gasteiger partial charge in [0.15, 0.2) is 0 Å². The standard InChI is InChI=1S/C15H16ClNO2/c16-14-11-6-2-3-7-13(11)19-15(18)12(14)10-17-8-4-1-5-9-17/h2-3,6-7H,1,4-5,8-10H2/p+1. The zero-order chi connectivity index (χ0) is 13.2. The third-order valence-electron chi connectivity index (χ3n) is 3.82. The van der Waals surface area contributed by atoms with Crippen LogP contribution in [0.5, 0.6) is 0 Å². The summed E-state index contributed by atoms with van der Waals surface area (Å²) in [5.74, 6) is 0. The molecule has 4 heteroatoms. The van der Waals surface area contributed by atoms with Gasteiger partial charge in [-0.25, -0.2) is 4.79 Å². The van der Waals surface area contributed by atoms with Crippen molar-refractivity contribution in [1.82, 2.24) is 0 Å². The number of hydrogen-bond acceptors (Lipinski definition) is 2. The van der Waals surface area contributed by atoms with E-state index in [-0.39, 0.29) is 5.63 Å². The van der Waals surface area contributed by atoms with E-state index >= 15 is 0 Å². The first-order valence-corrected chi connectivity index (χ1v) is 7.17. The van der Waals surface area contributed by atoms with Gasteiger partial charge in [-0.05, 0) is 31.4 Å². The molecule has 3 nitrogen and oxygen atoms in total. The Morgan fingerprint density at radius 2 is 1.89 bits per heavy atom. The van der Waals surface area contributed by atoms with E-state index in [4.69, 9.17) is 16.0 Å². The van der Waals surface area contributed by atoms with Crippen molar-refractivity contribution in [1.29, 1.82) is 0 Å². The fourth-order valence-electron chi connectivity index (χ4n) is 2.78. The van der Waals surface area contributed by atoms with Crippen LogP contribution in [-0.2, 0) is 6.54 Å². The van der Waals surface area contributed by atoms with Crippen LogP contribution in [0.2, 0.25) is 5.02 Å². The number of rotatable bonds is 2. The highest BCUT2D eigenvalue weighted by molar-refractivity contribution is 6.35. The topological polar surface area (TPSA) is 34.6 Å². The van der Waals surface area contributed by atoms with Crippen molar-refractivity contribution < 1.29 is 9.32 Å². The Bertz CT molecular complexity index is 644. The minimum atomic E-state index is -0.290. The van der Waals surface area contributed by atoms with Gasteiger partial charge in [0.2, 0.25) is 0 Å². The predicted molar refractivity (Wildman–Crippen MR) is 75.7 cm³/mol. The quantitative estimate of drug-likeness (QED) is 0.853. The van der Waals surface area contributed by atoms with E-state index in [1.807, 2.05) is 18.2 Å². The average molecular weight is 279 g/mol. The van der Waals surface area contributed by atoms with Crippen molar-refractivity contribution in [3.63, 3.8) is 0 Å². The van der Waals surface area contributed by atoms with Crippen LogP contribution in [0.25, 0.3) is 11.0 Å². The number of para-hydroxylation sites is 1. The van der Waals surface area contributed by atoms with Crippen LogP contribution >= 0.6 is 11.6 Å². The molecule has 0 atom stereocenters. The third-order valence-corrected chi connectivity index (χ3v) is 4.26. The van der Waals surface area contributed by atoms with Crippen molar-refractivity contribution >= 4 is 22.6 Å². The lowest BCUT2D eigenvalue weighted by molar-refractivity contribution is -0.918. The molecule has 1 aliphatic heterocycles. The lowest BCUT2D eigenvalue weighted by Gasteiger charge is -2.23. The average Bonchev–Trinajstić information content (AvgIpc) is 2.45. The van der Waals surface area contributed by atoms with E-state index in [0.717, 1.165) is 18.5 Å². The summed E-state index contributed by atoms with van der Waals surface area (Å²) in [6.07, 6.45) is 3.75. The van der Waals surface area contributed by atoms with Crippen molar-refractivity contribution in [3.8, 4) is 0 Å². The molecule has 19 heavy (non-hydrogen) atoms. The zero-order valence-electron chi connectivity index (χ0n) is 10.7. The van der Waals surface area contributed by atoms with Gasteiger partial charge < -0.3 is 9.32 Å². The number of fused-ring (bicyclic) bond motifs is 1. The van der Waals surface area contributed by atoms with Gasteiger partial charge in [-0.15, -0.1) is 0 Å². The molecule has 1 aromatic heterocycles. The minimum absolute atomic E-state index is 0.290. The largest absolute Gasteiger partial charge is 0.422 e. The van der Waals surface area contributed by atoms with Crippen molar-refractivity contribution in [3.05, 3.63) is 45.3 Å². The monoisotopic (exact) mass is 278 g/mol. The molecule has 0 aliphatic carbocycles.